The topological polar surface area (TPSA) is 105 Å². The normalized spacial score (nSPS) is 11.3. The van der Waals surface area contributed by atoms with E-state index in [4.69, 9.17) is 11.6 Å². The maximum absolute atomic E-state index is 11.6. The van der Waals surface area contributed by atoms with Crippen molar-refractivity contribution in [1.29, 1.82) is 0 Å². The van der Waals surface area contributed by atoms with E-state index in [9.17, 15) is 9.90 Å². The van der Waals surface area contributed by atoms with Gasteiger partial charge in [0.1, 0.15) is 0 Å². The quantitative estimate of drug-likeness (QED) is 0.222. The van der Waals surface area contributed by atoms with E-state index in [1.54, 1.807) is 11.3 Å². The van der Waals surface area contributed by atoms with Crippen molar-refractivity contribution in [2.75, 3.05) is 23.7 Å². The standard InChI is InChI=1S/C26H25ClN6O2S/c1-3-28-25-30-24(31-26(32-25)29-4-2)15-5-7-19-16(10-23(34)35)12-33(21(19)9-15)13-17-14-36-22-8-6-18(27)11-20(17)22/h5-9,11-12,14H,3-4,10,13H2,1-2H3,(H,34,35)(H2,28,29,30,31,32). The lowest BCUT2D eigenvalue weighted by Gasteiger charge is -2.10. The van der Waals surface area contributed by atoms with E-state index in [0.29, 0.717) is 42.4 Å². The first-order valence-electron chi connectivity index (χ1n) is 11.7. The van der Waals surface area contributed by atoms with Gasteiger partial charge in [-0.2, -0.15) is 15.0 Å². The molecule has 5 aromatic rings. The van der Waals surface area contributed by atoms with Crippen LogP contribution < -0.4 is 10.6 Å². The fourth-order valence-electron chi connectivity index (χ4n) is 4.28. The van der Waals surface area contributed by atoms with Crippen LogP contribution in [0.5, 0.6) is 0 Å². The molecule has 0 radical (unpaired) electrons. The molecule has 36 heavy (non-hydrogen) atoms. The molecular formula is C26H25ClN6O2S. The molecule has 3 aromatic heterocycles. The summed E-state index contributed by atoms with van der Waals surface area (Å²) in [6, 6.07) is 11.8. The van der Waals surface area contributed by atoms with Gasteiger partial charge in [0.15, 0.2) is 5.82 Å². The fourth-order valence-corrected chi connectivity index (χ4v) is 5.39. The molecule has 8 nitrogen and oxygen atoms in total. The molecule has 3 heterocycles. The zero-order chi connectivity index (χ0) is 25.2. The number of fused-ring (bicyclic) bond motifs is 2. The maximum atomic E-state index is 11.6. The number of thiophene rings is 1. The number of nitrogens with zero attached hydrogens (tertiary/aromatic N) is 4. The molecular weight excluding hydrogens is 496 g/mol. The SMILES string of the molecule is CCNc1nc(NCC)nc(-c2ccc3c(CC(=O)O)cn(Cc4csc5ccc(Cl)cc45)c3c2)n1. The average molecular weight is 521 g/mol. The third kappa shape index (κ3) is 4.84. The lowest BCUT2D eigenvalue weighted by atomic mass is 10.1. The summed E-state index contributed by atoms with van der Waals surface area (Å²) in [5.74, 6) is 0.678. The van der Waals surface area contributed by atoms with Gasteiger partial charge in [0.05, 0.1) is 6.42 Å². The predicted octanol–water partition coefficient (Wildman–Crippen LogP) is 5.90. The molecule has 0 aliphatic carbocycles. The average Bonchev–Trinajstić information content (AvgIpc) is 3.39. The highest BCUT2D eigenvalue weighted by molar-refractivity contribution is 7.17. The Labute approximate surface area is 217 Å². The third-order valence-electron chi connectivity index (χ3n) is 5.83. The van der Waals surface area contributed by atoms with Gasteiger partial charge in [-0.25, -0.2) is 0 Å². The Bertz CT molecular complexity index is 1550. The van der Waals surface area contributed by atoms with Gasteiger partial charge in [0.25, 0.3) is 0 Å². The number of halogens is 1. The molecule has 0 aliphatic heterocycles. The summed E-state index contributed by atoms with van der Waals surface area (Å²) in [7, 11) is 0. The summed E-state index contributed by atoms with van der Waals surface area (Å²) < 4.78 is 3.26. The molecule has 0 saturated carbocycles. The molecule has 2 aromatic carbocycles. The van der Waals surface area contributed by atoms with Gasteiger partial charge >= 0.3 is 5.97 Å². The van der Waals surface area contributed by atoms with Crippen LogP contribution in [0.25, 0.3) is 32.4 Å². The second kappa shape index (κ2) is 10.1. The number of hydrogen-bond donors (Lipinski definition) is 3. The van der Waals surface area contributed by atoms with Crippen molar-refractivity contribution in [3.8, 4) is 11.4 Å². The first kappa shape index (κ1) is 24.0. The lowest BCUT2D eigenvalue weighted by molar-refractivity contribution is -0.136. The Morgan fingerprint density at radius 1 is 1.00 bits per heavy atom. The first-order chi connectivity index (χ1) is 17.4. The van der Waals surface area contributed by atoms with Crippen LogP contribution in [0.3, 0.4) is 0 Å². The Balaban J connectivity index is 1.63. The molecule has 0 aliphatic rings. The van der Waals surface area contributed by atoms with Crippen LogP contribution >= 0.6 is 22.9 Å². The summed E-state index contributed by atoms with van der Waals surface area (Å²) in [6.45, 7) is 5.94. The zero-order valence-electron chi connectivity index (χ0n) is 19.9. The largest absolute Gasteiger partial charge is 0.481 e. The van der Waals surface area contributed by atoms with Gasteiger partial charge < -0.3 is 20.3 Å². The number of carboxylic acid groups (broad SMARTS) is 1. The molecule has 184 valence electrons. The number of carbonyl (C=O) groups is 1. The number of rotatable bonds is 9. The molecule has 10 heteroatoms. The third-order valence-corrected chi connectivity index (χ3v) is 7.07. The van der Waals surface area contributed by atoms with Crippen LogP contribution in [-0.4, -0.2) is 43.7 Å². The van der Waals surface area contributed by atoms with E-state index in [0.717, 1.165) is 37.7 Å². The molecule has 0 unspecified atom stereocenters. The summed E-state index contributed by atoms with van der Waals surface area (Å²) in [5.41, 5.74) is 3.63. The van der Waals surface area contributed by atoms with E-state index < -0.39 is 5.97 Å². The second-order valence-corrected chi connectivity index (χ2v) is 9.70. The second-order valence-electron chi connectivity index (χ2n) is 8.35. The van der Waals surface area contributed by atoms with E-state index in [-0.39, 0.29) is 6.42 Å². The smallest absolute Gasteiger partial charge is 0.307 e. The molecule has 5 rings (SSSR count). The summed E-state index contributed by atoms with van der Waals surface area (Å²) in [4.78, 5) is 25.2. The molecule has 0 bridgehead atoms. The van der Waals surface area contributed by atoms with Crippen LogP contribution in [0.2, 0.25) is 5.02 Å². The van der Waals surface area contributed by atoms with Crippen LogP contribution in [0.1, 0.15) is 25.0 Å². The number of benzene rings is 2. The van der Waals surface area contributed by atoms with Gasteiger partial charge in [-0.1, -0.05) is 23.7 Å². The van der Waals surface area contributed by atoms with E-state index in [1.807, 2.05) is 56.4 Å². The van der Waals surface area contributed by atoms with Crippen molar-refractivity contribution >= 4 is 61.8 Å². The number of aromatic nitrogens is 4. The van der Waals surface area contributed by atoms with Gasteiger partial charge in [-0.15, -0.1) is 11.3 Å². The van der Waals surface area contributed by atoms with Crippen LogP contribution in [0.15, 0.2) is 48.0 Å². The Morgan fingerprint density at radius 2 is 1.75 bits per heavy atom. The Hall–Kier alpha value is -3.69. The highest BCUT2D eigenvalue weighted by Crippen LogP contribution is 2.32. The summed E-state index contributed by atoms with van der Waals surface area (Å²) >= 11 is 7.94. The highest BCUT2D eigenvalue weighted by atomic mass is 35.5. The Kier molecular flexibility index (Phi) is 6.75. The minimum atomic E-state index is -0.867. The molecule has 0 spiro atoms. The van der Waals surface area contributed by atoms with E-state index >= 15 is 0 Å². The number of aliphatic carboxylic acids is 1. The van der Waals surface area contributed by atoms with Gasteiger partial charge in [-0.05, 0) is 60.0 Å². The van der Waals surface area contributed by atoms with Crippen LogP contribution in [0, 0.1) is 0 Å². The molecule has 0 atom stereocenters. The highest BCUT2D eigenvalue weighted by Gasteiger charge is 2.16. The van der Waals surface area contributed by atoms with E-state index in [1.165, 1.54) is 0 Å². The number of nitrogens with one attached hydrogen (secondary N) is 2. The minimum Gasteiger partial charge on any atom is -0.481 e. The molecule has 0 amide bonds. The van der Waals surface area contributed by atoms with Crippen molar-refractivity contribution in [3.63, 3.8) is 0 Å². The van der Waals surface area contributed by atoms with Crippen LogP contribution in [0.4, 0.5) is 11.9 Å². The molecule has 0 fully saturated rings. The first-order valence-corrected chi connectivity index (χ1v) is 12.9. The minimum absolute atomic E-state index is 0.0556. The molecule has 0 saturated heterocycles. The monoisotopic (exact) mass is 520 g/mol. The van der Waals surface area contributed by atoms with Crippen molar-refractivity contribution < 1.29 is 9.90 Å². The van der Waals surface area contributed by atoms with Gasteiger partial charge in [0, 0.05) is 52.0 Å². The predicted molar refractivity (Wildman–Crippen MR) is 146 cm³/mol. The number of anilines is 2. The van der Waals surface area contributed by atoms with Crippen molar-refractivity contribution in [1.82, 2.24) is 19.5 Å². The Morgan fingerprint density at radius 3 is 2.44 bits per heavy atom. The van der Waals surface area contributed by atoms with Crippen LogP contribution in [-0.2, 0) is 17.8 Å². The maximum Gasteiger partial charge on any atom is 0.307 e. The summed E-state index contributed by atoms with van der Waals surface area (Å²) in [5, 5.41) is 20.6. The van der Waals surface area contributed by atoms with Gasteiger partial charge in [0.2, 0.25) is 11.9 Å². The van der Waals surface area contributed by atoms with Crippen molar-refractivity contribution in [3.05, 3.63) is 64.1 Å². The van der Waals surface area contributed by atoms with Crippen molar-refractivity contribution in [2.45, 2.75) is 26.8 Å². The van der Waals surface area contributed by atoms with Gasteiger partial charge in [-0.3, -0.25) is 4.79 Å². The number of hydrogen-bond acceptors (Lipinski definition) is 7. The summed E-state index contributed by atoms with van der Waals surface area (Å²) in [6.07, 6.45) is 1.87. The van der Waals surface area contributed by atoms with E-state index in [2.05, 4.69) is 35.5 Å². The number of carboxylic acids is 1. The fraction of sp³-hybridized carbons (Fsp3) is 0.231. The molecule has 3 N–H and O–H groups in total. The zero-order valence-corrected chi connectivity index (χ0v) is 21.5. The lowest BCUT2D eigenvalue weighted by Crippen LogP contribution is -2.09. The van der Waals surface area contributed by atoms with Crippen molar-refractivity contribution in [2.24, 2.45) is 0 Å².